The number of Topliss-reactive ketones (excluding diaryl/α,β-unsaturated/α-hetero) is 1. The fourth-order valence-corrected chi connectivity index (χ4v) is 1.45. The first-order valence-corrected chi connectivity index (χ1v) is 5.27. The molecule has 17 heavy (non-hydrogen) atoms. The van der Waals surface area contributed by atoms with Crippen molar-refractivity contribution in [3.8, 4) is 5.75 Å². The van der Waals surface area contributed by atoms with Crippen molar-refractivity contribution in [2.45, 2.75) is 26.4 Å². The maximum atomic E-state index is 12.8. The monoisotopic (exact) mass is 246 g/mol. The molecule has 0 N–H and O–H groups in total. The molecule has 0 saturated carbocycles. The highest BCUT2D eigenvalue weighted by molar-refractivity contribution is 5.97. The molecule has 0 atom stereocenters. The minimum absolute atomic E-state index is 0.0388. The van der Waals surface area contributed by atoms with Crippen LogP contribution in [-0.4, -0.2) is 12.4 Å². The van der Waals surface area contributed by atoms with Crippen LogP contribution in [0, 0.1) is 0 Å². The molecule has 0 aromatic heterocycles. The number of rotatable bonds is 4. The lowest BCUT2D eigenvalue weighted by Gasteiger charge is -2.13. The van der Waals surface area contributed by atoms with E-state index in [1.165, 1.54) is 19.1 Å². The summed E-state index contributed by atoms with van der Waals surface area (Å²) in [5.74, 6) is -0.409. The SMILES string of the molecule is CCOc1ccc(C(=O)CC)c(C(F)(F)F)c1. The highest BCUT2D eigenvalue weighted by Crippen LogP contribution is 2.34. The van der Waals surface area contributed by atoms with E-state index in [0.29, 0.717) is 0 Å². The Morgan fingerprint density at radius 3 is 2.41 bits per heavy atom. The Balaban J connectivity index is 3.27. The van der Waals surface area contributed by atoms with Gasteiger partial charge in [-0.15, -0.1) is 0 Å². The molecule has 1 aromatic carbocycles. The number of alkyl halides is 3. The molecule has 5 heteroatoms. The summed E-state index contributed by atoms with van der Waals surface area (Å²) in [5.41, 5.74) is -1.24. The van der Waals surface area contributed by atoms with Gasteiger partial charge in [0, 0.05) is 12.0 Å². The van der Waals surface area contributed by atoms with Gasteiger partial charge >= 0.3 is 6.18 Å². The summed E-state index contributed by atoms with van der Waals surface area (Å²) < 4.78 is 43.3. The molecule has 0 bridgehead atoms. The lowest BCUT2D eigenvalue weighted by Crippen LogP contribution is -2.13. The smallest absolute Gasteiger partial charge is 0.417 e. The Hall–Kier alpha value is -1.52. The van der Waals surface area contributed by atoms with Crippen LogP contribution in [0.4, 0.5) is 13.2 Å². The summed E-state index contributed by atoms with van der Waals surface area (Å²) in [6, 6.07) is 3.41. The second kappa shape index (κ2) is 5.21. The Morgan fingerprint density at radius 2 is 1.94 bits per heavy atom. The molecule has 0 unspecified atom stereocenters. The van der Waals surface area contributed by atoms with Crippen LogP contribution in [0.1, 0.15) is 36.2 Å². The minimum Gasteiger partial charge on any atom is -0.494 e. The third kappa shape index (κ3) is 3.22. The molecule has 0 radical (unpaired) electrons. The molecule has 0 aliphatic rings. The Bertz CT molecular complexity index is 411. The van der Waals surface area contributed by atoms with Gasteiger partial charge in [0.05, 0.1) is 12.2 Å². The molecule has 94 valence electrons. The van der Waals surface area contributed by atoms with Crippen molar-refractivity contribution in [2.24, 2.45) is 0 Å². The van der Waals surface area contributed by atoms with Gasteiger partial charge in [-0.05, 0) is 25.1 Å². The summed E-state index contributed by atoms with van der Waals surface area (Å²) >= 11 is 0. The van der Waals surface area contributed by atoms with Crippen LogP contribution in [0.2, 0.25) is 0 Å². The van der Waals surface area contributed by atoms with Gasteiger partial charge in [0.2, 0.25) is 0 Å². The standard InChI is InChI=1S/C12H13F3O2/c1-3-11(16)9-6-5-8(17-4-2)7-10(9)12(13,14)15/h5-7H,3-4H2,1-2H3. The predicted octanol–water partition coefficient (Wildman–Crippen LogP) is 3.70. The van der Waals surface area contributed by atoms with E-state index in [1.807, 2.05) is 0 Å². The molecule has 0 aliphatic carbocycles. The summed E-state index contributed by atoms with van der Waals surface area (Å²) in [6.07, 6.45) is -4.51. The zero-order valence-electron chi connectivity index (χ0n) is 9.60. The van der Waals surface area contributed by atoms with Crippen LogP contribution in [0.15, 0.2) is 18.2 Å². The highest BCUT2D eigenvalue weighted by atomic mass is 19.4. The van der Waals surface area contributed by atoms with Crippen LogP contribution < -0.4 is 4.74 Å². The van der Waals surface area contributed by atoms with Gasteiger partial charge in [-0.2, -0.15) is 13.2 Å². The zero-order valence-corrected chi connectivity index (χ0v) is 9.60. The molecule has 0 amide bonds. The number of ketones is 1. The van der Waals surface area contributed by atoms with Gasteiger partial charge in [0.15, 0.2) is 5.78 Å². The summed E-state index contributed by atoms with van der Waals surface area (Å²) in [6.45, 7) is 3.48. The molecule has 2 nitrogen and oxygen atoms in total. The van der Waals surface area contributed by atoms with E-state index in [-0.39, 0.29) is 24.3 Å². The molecular formula is C12H13F3O2. The van der Waals surface area contributed by atoms with Crippen molar-refractivity contribution in [1.82, 2.24) is 0 Å². The number of hydrogen-bond acceptors (Lipinski definition) is 2. The van der Waals surface area contributed by atoms with Crippen molar-refractivity contribution < 1.29 is 22.7 Å². The Morgan fingerprint density at radius 1 is 1.29 bits per heavy atom. The van der Waals surface area contributed by atoms with Gasteiger partial charge in [0.25, 0.3) is 0 Å². The average Bonchev–Trinajstić information content (AvgIpc) is 2.27. The molecule has 0 heterocycles. The lowest BCUT2D eigenvalue weighted by molar-refractivity contribution is -0.138. The maximum absolute atomic E-state index is 12.8. The van der Waals surface area contributed by atoms with E-state index in [2.05, 4.69) is 0 Å². The topological polar surface area (TPSA) is 26.3 Å². The van der Waals surface area contributed by atoms with E-state index >= 15 is 0 Å². The van der Waals surface area contributed by atoms with Crippen LogP contribution >= 0.6 is 0 Å². The van der Waals surface area contributed by atoms with Crippen LogP contribution in [0.5, 0.6) is 5.75 Å². The largest absolute Gasteiger partial charge is 0.494 e. The first kappa shape index (κ1) is 13.5. The number of carbonyl (C=O) groups is 1. The first-order chi connectivity index (χ1) is 7.90. The van der Waals surface area contributed by atoms with Gasteiger partial charge in [0.1, 0.15) is 5.75 Å². The Labute approximate surface area is 97.4 Å². The average molecular weight is 246 g/mol. The van der Waals surface area contributed by atoms with E-state index in [4.69, 9.17) is 4.74 Å². The number of carbonyl (C=O) groups excluding carboxylic acids is 1. The number of ether oxygens (including phenoxy) is 1. The molecule has 0 spiro atoms. The second-order valence-corrected chi connectivity index (χ2v) is 3.41. The van der Waals surface area contributed by atoms with Gasteiger partial charge in [-0.1, -0.05) is 6.92 Å². The fraction of sp³-hybridized carbons (Fsp3) is 0.417. The molecule has 1 aromatic rings. The lowest BCUT2D eigenvalue weighted by atomic mass is 10.0. The van der Waals surface area contributed by atoms with E-state index in [1.54, 1.807) is 6.92 Å². The Kier molecular flexibility index (Phi) is 4.15. The van der Waals surface area contributed by atoms with Crippen LogP contribution in [0.25, 0.3) is 0 Å². The van der Waals surface area contributed by atoms with E-state index in [9.17, 15) is 18.0 Å². The van der Waals surface area contributed by atoms with Gasteiger partial charge in [-0.3, -0.25) is 4.79 Å². The minimum atomic E-state index is -4.55. The third-order valence-corrected chi connectivity index (χ3v) is 2.23. The zero-order chi connectivity index (χ0) is 13.1. The van der Waals surface area contributed by atoms with Crippen LogP contribution in [-0.2, 0) is 6.18 Å². The quantitative estimate of drug-likeness (QED) is 0.757. The first-order valence-electron chi connectivity index (χ1n) is 5.27. The second-order valence-electron chi connectivity index (χ2n) is 3.41. The molecule has 0 fully saturated rings. The van der Waals surface area contributed by atoms with Crippen molar-refractivity contribution in [3.63, 3.8) is 0 Å². The molecule has 0 aliphatic heterocycles. The number of halogens is 3. The van der Waals surface area contributed by atoms with Crippen molar-refractivity contribution in [3.05, 3.63) is 29.3 Å². The van der Waals surface area contributed by atoms with E-state index in [0.717, 1.165) is 6.07 Å². The molecular weight excluding hydrogens is 233 g/mol. The molecule has 0 saturated heterocycles. The van der Waals surface area contributed by atoms with Crippen molar-refractivity contribution in [1.29, 1.82) is 0 Å². The maximum Gasteiger partial charge on any atom is 0.417 e. The van der Waals surface area contributed by atoms with Gasteiger partial charge in [-0.25, -0.2) is 0 Å². The van der Waals surface area contributed by atoms with Crippen molar-refractivity contribution in [2.75, 3.05) is 6.61 Å². The number of benzene rings is 1. The van der Waals surface area contributed by atoms with Gasteiger partial charge < -0.3 is 4.74 Å². The highest BCUT2D eigenvalue weighted by Gasteiger charge is 2.35. The summed E-state index contributed by atoms with van der Waals surface area (Å²) in [4.78, 5) is 11.4. The molecule has 1 rings (SSSR count). The normalized spacial score (nSPS) is 11.4. The predicted molar refractivity (Wildman–Crippen MR) is 57.2 cm³/mol. The van der Waals surface area contributed by atoms with E-state index < -0.39 is 17.5 Å². The fourth-order valence-electron chi connectivity index (χ4n) is 1.45. The summed E-state index contributed by atoms with van der Waals surface area (Å²) in [5, 5.41) is 0. The third-order valence-electron chi connectivity index (χ3n) is 2.23. The van der Waals surface area contributed by atoms with Crippen molar-refractivity contribution >= 4 is 5.78 Å². The number of hydrogen-bond donors (Lipinski definition) is 0. The van der Waals surface area contributed by atoms with Crippen LogP contribution in [0.3, 0.4) is 0 Å². The summed E-state index contributed by atoms with van der Waals surface area (Å²) in [7, 11) is 0.